The maximum absolute atomic E-state index is 10.9. The molecule has 0 aliphatic rings. The molecule has 0 fully saturated rings. The molecular weight excluding hydrogens is 224 g/mol. The molecule has 0 atom stereocenters. The molecule has 0 N–H and O–H groups in total. The Morgan fingerprint density at radius 3 is 2.00 bits per heavy atom. The Morgan fingerprint density at radius 2 is 1.90 bits per heavy atom. The number of hydrogen-bond acceptors (Lipinski definition) is 2. The van der Waals surface area contributed by atoms with Crippen LogP contribution in [0.25, 0.3) is 0 Å². The average Bonchev–Trinajstić information content (AvgIpc) is 1.62. The molecule has 0 spiro atoms. The molecule has 0 aromatic carbocycles. The van der Waals surface area contributed by atoms with E-state index in [1.807, 2.05) is 0 Å². The van der Waals surface area contributed by atoms with E-state index in [0.29, 0.717) is 5.76 Å². The molecule has 0 aliphatic carbocycles. The third kappa shape index (κ3) is 8.87. The zero-order valence-electron chi connectivity index (χ0n) is 6.84. The summed E-state index contributed by atoms with van der Waals surface area (Å²) in [5.41, 5.74) is 0. The summed E-state index contributed by atoms with van der Waals surface area (Å²) in [5.74, 6) is 0.600. The standard InChI is InChI=1S/C6H12O2P.Y/c1-5-6(2)8-9(3,4)7;/h1-4H3;/q-1;. The van der Waals surface area contributed by atoms with Gasteiger partial charge in [0, 0.05) is 46.0 Å². The van der Waals surface area contributed by atoms with Gasteiger partial charge in [-0.2, -0.15) is 6.92 Å². The zero-order valence-corrected chi connectivity index (χ0v) is 10.6. The molecule has 1 radical (unpaired) electrons. The van der Waals surface area contributed by atoms with Crippen molar-refractivity contribution in [2.24, 2.45) is 0 Å². The average molecular weight is 236 g/mol. The SMILES string of the molecule is C[C-]=C(C)OP(C)(C)=O.[Y]. The van der Waals surface area contributed by atoms with Gasteiger partial charge in [0.1, 0.15) is 0 Å². The summed E-state index contributed by atoms with van der Waals surface area (Å²) in [6.07, 6.45) is 2.74. The van der Waals surface area contributed by atoms with Gasteiger partial charge in [-0.1, -0.05) is 5.76 Å². The van der Waals surface area contributed by atoms with Gasteiger partial charge in [-0.15, -0.1) is 0 Å². The summed E-state index contributed by atoms with van der Waals surface area (Å²) in [5, 5.41) is 0. The van der Waals surface area contributed by atoms with E-state index in [1.54, 1.807) is 27.2 Å². The van der Waals surface area contributed by atoms with Crippen LogP contribution in [0, 0.1) is 6.08 Å². The Bertz CT molecular complexity index is 159. The predicted octanol–water partition coefficient (Wildman–Crippen LogP) is 2.27. The van der Waals surface area contributed by atoms with E-state index in [1.165, 1.54) is 0 Å². The minimum absolute atomic E-state index is 0. The van der Waals surface area contributed by atoms with Crippen LogP contribution in [0.15, 0.2) is 5.76 Å². The van der Waals surface area contributed by atoms with Crippen molar-refractivity contribution in [1.82, 2.24) is 0 Å². The van der Waals surface area contributed by atoms with Crippen molar-refractivity contribution >= 4 is 7.37 Å². The smallest absolute Gasteiger partial charge is 0.238 e. The monoisotopic (exact) mass is 236 g/mol. The molecule has 0 aliphatic heterocycles. The maximum Gasteiger partial charge on any atom is 0.238 e. The van der Waals surface area contributed by atoms with Crippen molar-refractivity contribution in [2.45, 2.75) is 13.8 Å². The van der Waals surface area contributed by atoms with E-state index in [9.17, 15) is 4.57 Å². The molecule has 0 heterocycles. The molecule has 2 nitrogen and oxygen atoms in total. The van der Waals surface area contributed by atoms with Crippen LogP contribution >= 0.6 is 7.37 Å². The normalized spacial score (nSPS) is 12.2. The Balaban J connectivity index is 0. The van der Waals surface area contributed by atoms with E-state index in [-0.39, 0.29) is 32.7 Å². The van der Waals surface area contributed by atoms with Crippen molar-refractivity contribution < 1.29 is 41.8 Å². The minimum Gasteiger partial charge on any atom is -0.486 e. The Morgan fingerprint density at radius 1 is 1.50 bits per heavy atom. The van der Waals surface area contributed by atoms with Crippen LogP contribution in [0.5, 0.6) is 0 Å². The van der Waals surface area contributed by atoms with Crippen LogP contribution in [-0.2, 0) is 41.8 Å². The summed E-state index contributed by atoms with van der Waals surface area (Å²) < 4.78 is 15.8. The van der Waals surface area contributed by atoms with Crippen LogP contribution in [-0.4, -0.2) is 13.3 Å². The molecule has 0 saturated heterocycles. The van der Waals surface area contributed by atoms with Gasteiger partial charge in [0.05, 0.1) is 0 Å². The number of hydrogen-bond donors (Lipinski definition) is 0. The van der Waals surface area contributed by atoms with Crippen molar-refractivity contribution in [3.63, 3.8) is 0 Å². The first kappa shape index (κ1) is 13.5. The van der Waals surface area contributed by atoms with Crippen LogP contribution < -0.4 is 0 Å². The van der Waals surface area contributed by atoms with Gasteiger partial charge in [-0.25, -0.2) is 0 Å². The molecule has 0 rings (SSSR count). The first-order valence-corrected chi connectivity index (χ1v) is 5.23. The van der Waals surface area contributed by atoms with Gasteiger partial charge in [0.15, 0.2) is 0 Å². The molecule has 4 heteroatoms. The zero-order chi connectivity index (χ0) is 7.49. The molecule has 57 valence electrons. The maximum atomic E-state index is 10.9. The van der Waals surface area contributed by atoms with Crippen molar-refractivity contribution in [1.29, 1.82) is 0 Å². The van der Waals surface area contributed by atoms with Gasteiger partial charge in [-0.05, 0) is 6.92 Å². The van der Waals surface area contributed by atoms with Gasteiger partial charge >= 0.3 is 0 Å². The van der Waals surface area contributed by atoms with E-state index in [2.05, 4.69) is 6.08 Å². The van der Waals surface area contributed by atoms with Crippen molar-refractivity contribution in [2.75, 3.05) is 13.3 Å². The van der Waals surface area contributed by atoms with Crippen LogP contribution in [0.1, 0.15) is 13.8 Å². The molecular formula is C6H12O2PY-. The molecule has 0 saturated carbocycles. The Hall–Kier alpha value is 0.874. The summed E-state index contributed by atoms with van der Waals surface area (Å²) in [4.78, 5) is 0. The molecule has 0 aromatic heterocycles. The van der Waals surface area contributed by atoms with Gasteiger partial charge in [-0.3, -0.25) is 4.57 Å². The van der Waals surface area contributed by atoms with Crippen molar-refractivity contribution in [3.8, 4) is 0 Å². The molecule has 0 bridgehead atoms. The van der Waals surface area contributed by atoms with E-state index >= 15 is 0 Å². The van der Waals surface area contributed by atoms with E-state index in [0.717, 1.165) is 0 Å². The van der Waals surface area contributed by atoms with Gasteiger partial charge in [0.2, 0.25) is 7.37 Å². The van der Waals surface area contributed by atoms with E-state index in [4.69, 9.17) is 4.52 Å². The topological polar surface area (TPSA) is 26.3 Å². The summed E-state index contributed by atoms with van der Waals surface area (Å²) in [6.45, 7) is 6.62. The molecule has 0 amide bonds. The summed E-state index contributed by atoms with van der Waals surface area (Å²) in [6, 6.07) is 0. The van der Waals surface area contributed by atoms with Crippen LogP contribution in [0.2, 0.25) is 0 Å². The fourth-order valence-electron chi connectivity index (χ4n) is 0.375. The summed E-state index contributed by atoms with van der Waals surface area (Å²) in [7, 11) is -2.34. The largest absolute Gasteiger partial charge is 0.486 e. The molecule has 0 unspecified atom stereocenters. The van der Waals surface area contributed by atoms with Crippen molar-refractivity contribution in [3.05, 3.63) is 11.8 Å². The first-order valence-electron chi connectivity index (χ1n) is 2.71. The summed E-state index contributed by atoms with van der Waals surface area (Å²) >= 11 is 0. The predicted molar refractivity (Wildman–Crippen MR) is 38.6 cm³/mol. The van der Waals surface area contributed by atoms with Crippen LogP contribution in [0.4, 0.5) is 0 Å². The fourth-order valence-corrected chi connectivity index (χ4v) is 1.13. The Labute approximate surface area is 87.7 Å². The first-order chi connectivity index (χ1) is 3.95. The van der Waals surface area contributed by atoms with E-state index < -0.39 is 7.37 Å². The molecule has 10 heavy (non-hydrogen) atoms. The van der Waals surface area contributed by atoms with Gasteiger partial charge < -0.3 is 10.6 Å². The number of rotatable bonds is 2. The van der Waals surface area contributed by atoms with Crippen LogP contribution in [0.3, 0.4) is 0 Å². The second-order valence-corrected chi connectivity index (χ2v) is 4.84. The second-order valence-electron chi connectivity index (χ2n) is 2.15. The molecule has 0 aromatic rings. The second kappa shape index (κ2) is 5.51. The number of allylic oxidation sites excluding steroid dienone is 2. The van der Waals surface area contributed by atoms with Gasteiger partial charge in [0.25, 0.3) is 0 Å². The third-order valence-electron chi connectivity index (χ3n) is 0.709. The Kier molecular flexibility index (Phi) is 7.42. The quantitative estimate of drug-likeness (QED) is 0.417. The fraction of sp³-hybridized carbons (Fsp3) is 0.667. The third-order valence-corrected chi connectivity index (χ3v) is 1.42. The minimum atomic E-state index is -2.34.